The average molecular weight is 410 g/mol. The summed E-state index contributed by atoms with van der Waals surface area (Å²) in [6.07, 6.45) is 5.62. The largest absolute Gasteiger partial charge is 0.444 e. The fourth-order valence-corrected chi connectivity index (χ4v) is 4.64. The monoisotopic (exact) mass is 409 g/mol. The Bertz CT molecular complexity index is 514. The molecule has 6 nitrogen and oxygen atoms in total. The van der Waals surface area contributed by atoms with Gasteiger partial charge in [-0.2, -0.15) is 0 Å². The van der Waals surface area contributed by atoms with Crippen LogP contribution >= 0.6 is 0 Å². The lowest BCUT2D eigenvalue weighted by molar-refractivity contribution is -0.122. The summed E-state index contributed by atoms with van der Waals surface area (Å²) in [5, 5.41) is 3.09. The first kappa shape index (κ1) is 24.0. The SMILES string of the molecule is CC1CC(C)CN(CCCCNC(=O)CC2CCN(C(=O)OC(C)(C)C)CC2)C1. The molecule has 2 rings (SSSR count). The van der Waals surface area contributed by atoms with E-state index in [0.717, 1.165) is 50.6 Å². The maximum Gasteiger partial charge on any atom is 0.410 e. The predicted octanol–water partition coefficient (Wildman–Crippen LogP) is 3.90. The number of rotatable bonds is 7. The highest BCUT2D eigenvalue weighted by Gasteiger charge is 2.27. The highest BCUT2D eigenvalue weighted by atomic mass is 16.6. The van der Waals surface area contributed by atoms with E-state index < -0.39 is 5.60 Å². The van der Waals surface area contributed by atoms with Crippen LogP contribution in [0.1, 0.15) is 73.1 Å². The molecular weight excluding hydrogens is 366 g/mol. The van der Waals surface area contributed by atoms with E-state index in [2.05, 4.69) is 24.1 Å². The zero-order valence-corrected chi connectivity index (χ0v) is 19.3. The first-order valence-electron chi connectivity index (χ1n) is 11.6. The van der Waals surface area contributed by atoms with Crippen molar-refractivity contribution in [3.63, 3.8) is 0 Å². The lowest BCUT2D eigenvalue weighted by atomic mass is 9.92. The molecule has 29 heavy (non-hydrogen) atoms. The van der Waals surface area contributed by atoms with Crippen LogP contribution in [0.4, 0.5) is 4.79 Å². The topological polar surface area (TPSA) is 61.9 Å². The second-order valence-electron chi connectivity index (χ2n) is 10.4. The Kier molecular flexibility index (Phi) is 9.25. The number of hydrogen-bond acceptors (Lipinski definition) is 4. The molecule has 2 aliphatic heterocycles. The van der Waals surface area contributed by atoms with Gasteiger partial charge in [-0.05, 0) is 77.2 Å². The molecule has 0 aromatic rings. The summed E-state index contributed by atoms with van der Waals surface area (Å²) in [6, 6.07) is 0. The van der Waals surface area contributed by atoms with Crippen LogP contribution in [-0.4, -0.2) is 66.7 Å². The minimum atomic E-state index is -0.460. The number of likely N-dealkylation sites (tertiary alicyclic amines) is 2. The van der Waals surface area contributed by atoms with Crippen molar-refractivity contribution in [1.82, 2.24) is 15.1 Å². The summed E-state index contributed by atoms with van der Waals surface area (Å²) < 4.78 is 5.43. The lowest BCUT2D eigenvalue weighted by Gasteiger charge is -2.35. The Morgan fingerprint density at radius 2 is 1.66 bits per heavy atom. The Morgan fingerprint density at radius 1 is 1.03 bits per heavy atom. The molecule has 0 aliphatic carbocycles. The average Bonchev–Trinajstić information content (AvgIpc) is 2.59. The molecule has 2 saturated heterocycles. The summed E-state index contributed by atoms with van der Waals surface area (Å²) >= 11 is 0. The third-order valence-electron chi connectivity index (χ3n) is 5.91. The van der Waals surface area contributed by atoms with Crippen LogP contribution < -0.4 is 5.32 Å². The van der Waals surface area contributed by atoms with Gasteiger partial charge in [-0.15, -0.1) is 0 Å². The summed E-state index contributed by atoms with van der Waals surface area (Å²) in [7, 11) is 0. The molecule has 0 aromatic carbocycles. The second-order valence-corrected chi connectivity index (χ2v) is 10.4. The number of unbranched alkanes of at least 4 members (excludes halogenated alkanes) is 1. The van der Waals surface area contributed by atoms with Gasteiger partial charge in [0.1, 0.15) is 5.60 Å². The number of amides is 2. The number of hydrogen-bond donors (Lipinski definition) is 1. The molecule has 2 aliphatic rings. The molecule has 2 fully saturated rings. The molecule has 2 heterocycles. The van der Waals surface area contributed by atoms with Gasteiger partial charge in [0.2, 0.25) is 5.91 Å². The third-order valence-corrected chi connectivity index (χ3v) is 5.91. The Morgan fingerprint density at radius 3 is 2.24 bits per heavy atom. The number of ether oxygens (including phenoxy) is 1. The van der Waals surface area contributed by atoms with Crippen LogP contribution in [-0.2, 0) is 9.53 Å². The Hall–Kier alpha value is -1.30. The maximum atomic E-state index is 12.2. The molecule has 0 aromatic heterocycles. The summed E-state index contributed by atoms with van der Waals surface area (Å²) in [6.45, 7) is 16.1. The Balaban J connectivity index is 1.53. The number of nitrogens with zero attached hydrogens (tertiary/aromatic N) is 2. The van der Waals surface area contributed by atoms with Gasteiger partial charge in [0.15, 0.2) is 0 Å². The fraction of sp³-hybridized carbons (Fsp3) is 0.913. The number of piperidine rings is 2. The third kappa shape index (κ3) is 9.37. The molecule has 0 spiro atoms. The van der Waals surface area contributed by atoms with Crippen molar-refractivity contribution >= 4 is 12.0 Å². The summed E-state index contributed by atoms with van der Waals surface area (Å²) in [4.78, 5) is 28.7. The van der Waals surface area contributed by atoms with Gasteiger partial charge in [-0.3, -0.25) is 4.79 Å². The van der Waals surface area contributed by atoms with Crippen molar-refractivity contribution in [2.24, 2.45) is 17.8 Å². The first-order chi connectivity index (χ1) is 13.6. The second kappa shape index (κ2) is 11.2. The van der Waals surface area contributed by atoms with Crippen molar-refractivity contribution in [1.29, 1.82) is 0 Å². The van der Waals surface area contributed by atoms with E-state index in [1.807, 2.05) is 20.8 Å². The minimum Gasteiger partial charge on any atom is -0.444 e. The van der Waals surface area contributed by atoms with E-state index in [9.17, 15) is 9.59 Å². The molecule has 2 amide bonds. The van der Waals surface area contributed by atoms with E-state index in [4.69, 9.17) is 4.74 Å². The molecule has 168 valence electrons. The molecule has 0 bridgehead atoms. The van der Waals surface area contributed by atoms with E-state index in [-0.39, 0.29) is 12.0 Å². The number of carbonyl (C=O) groups is 2. The normalized spacial score (nSPS) is 24.4. The fourth-order valence-electron chi connectivity index (χ4n) is 4.64. The first-order valence-corrected chi connectivity index (χ1v) is 11.6. The van der Waals surface area contributed by atoms with Crippen molar-refractivity contribution in [2.75, 3.05) is 39.3 Å². The summed E-state index contributed by atoms with van der Waals surface area (Å²) in [5.41, 5.74) is -0.460. The maximum absolute atomic E-state index is 12.2. The molecule has 0 radical (unpaired) electrons. The smallest absolute Gasteiger partial charge is 0.410 e. The predicted molar refractivity (Wildman–Crippen MR) is 117 cm³/mol. The van der Waals surface area contributed by atoms with Crippen LogP contribution in [0, 0.1) is 17.8 Å². The van der Waals surface area contributed by atoms with Crippen molar-refractivity contribution in [3.8, 4) is 0 Å². The molecule has 0 saturated carbocycles. The van der Waals surface area contributed by atoms with Crippen LogP contribution in [0.2, 0.25) is 0 Å². The van der Waals surface area contributed by atoms with E-state index in [1.165, 1.54) is 19.5 Å². The van der Waals surface area contributed by atoms with E-state index in [0.29, 0.717) is 25.4 Å². The van der Waals surface area contributed by atoms with E-state index >= 15 is 0 Å². The van der Waals surface area contributed by atoms with Gasteiger partial charge in [0.25, 0.3) is 0 Å². The number of carbonyl (C=O) groups excluding carboxylic acids is 2. The minimum absolute atomic E-state index is 0.154. The number of nitrogens with one attached hydrogen (secondary N) is 1. The standard InChI is InChI=1S/C23H43N3O3/c1-18-14-19(2)17-25(16-18)11-7-6-10-24-21(27)15-20-8-12-26(13-9-20)22(28)29-23(3,4)5/h18-20H,6-17H2,1-5H3,(H,24,27). The molecule has 2 atom stereocenters. The summed E-state index contributed by atoms with van der Waals surface area (Å²) in [5.74, 6) is 2.13. The zero-order chi connectivity index (χ0) is 21.4. The van der Waals surface area contributed by atoms with Crippen LogP contribution in [0.5, 0.6) is 0 Å². The van der Waals surface area contributed by atoms with Gasteiger partial charge in [-0.1, -0.05) is 13.8 Å². The van der Waals surface area contributed by atoms with Crippen molar-refractivity contribution in [3.05, 3.63) is 0 Å². The van der Waals surface area contributed by atoms with Gasteiger partial charge < -0.3 is 19.9 Å². The zero-order valence-electron chi connectivity index (χ0n) is 19.3. The van der Waals surface area contributed by atoms with Gasteiger partial charge >= 0.3 is 6.09 Å². The quantitative estimate of drug-likeness (QED) is 0.648. The molecule has 2 unspecified atom stereocenters. The molecular formula is C23H43N3O3. The van der Waals surface area contributed by atoms with Crippen molar-refractivity contribution < 1.29 is 14.3 Å². The van der Waals surface area contributed by atoms with Crippen LogP contribution in [0.25, 0.3) is 0 Å². The highest BCUT2D eigenvalue weighted by molar-refractivity contribution is 5.76. The van der Waals surface area contributed by atoms with Gasteiger partial charge in [0, 0.05) is 39.1 Å². The van der Waals surface area contributed by atoms with Gasteiger partial charge in [-0.25, -0.2) is 4.79 Å². The molecule has 1 N–H and O–H groups in total. The van der Waals surface area contributed by atoms with Gasteiger partial charge in [0.05, 0.1) is 0 Å². The highest BCUT2D eigenvalue weighted by Crippen LogP contribution is 2.23. The van der Waals surface area contributed by atoms with E-state index in [1.54, 1.807) is 4.90 Å². The van der Waals surface area contributed by atoms with Crippen LogP contribution in [0.15, 0.2) is 0 Å². The lowest BCUT2D eigenvalue weighted by Crippen LogP contribution is -2.42. The Labute approximate surface area is 177 Å². The van der Waals surface area contributed by atoms with Crippen LogP contribution in [0.3, 0.4) is 0 Å². The molecule has 6 heteroatoms. The van der Waals surface area contributed by atoms with Crippen molar-refractivity contribution in [2.45, 2.75) is 78.7 Å².